The largest absolute Gasteiger partial charge is 0.446 e. The van der Waals surface area contributed by atoms with E-state index < -0.39 is 0 Å². The summed E-state index contributed by atoms with van der Waals surface area (Å²) in [6.07, 6.45) is 5.14. The zero-order chi connectivity index (χ0) is 11.0. The second kappa shape index (κ2) is 8.13. The van der Waals surface area contributed by atoms with Crippen LogP contribution in [0.15, 0.2) is 0 Å². The van der Waals surface area contributed by atoms with E-state index in [2.05, 4.69) is 46.4 Å². The minimum Gasteiger partial charge on any atom is -0.446 e. The molecule has 0 unspecified atom stereocenters. The second-order valence-corrected chi connectivity index (χ2v) is 7.11. The molecule has 0 aromatic carbocycles. The van der Waals surface area contributed by atoms with Gasteiger partial charge in [-0.1, -0.05) is 41.0 Å². The molecular weight excluding hydrogens is 191 g/mol. The molecule has 1 nitrogen and oxygen atoms in total. The van der Waals surface area contributed by atoms with E-state index in [9.17, 15) is 0 Å². The average Bonchev–Trinajstić information content (AvgIpc) is 2.09. The van der Waals surface area contributed by atoms with E-state index >= 15 is 0 Å². The van der Waals surface area contributed by atoms with Crippen LogP contribution in [-0.2, 0) is 4.74 Å². The van der Waals surface area contributed by atoms with E-state index in [0.717, 1.165) is 13.0 Å². The van der Waals surface area contributed by atoms with Gasteiger partial charge in [0, 0.05) is 0 Å². The van der Waals surface area contributed by atoms with Crippen molar-refractivity contribution >= 4 is 7.92 Å². The van der Waals surface area contributed by atoms with Crippen LogP contribution in [0, 0.1) is 11.8 Å². The molecule has 0 saturated carbocycles. The Balaban J connectivity index is 3.89. The minimum atomic E-state index is -0.186. The van der Waals surface area contributed by atoms with Crippen LogP contribution < -0.4 is 0 Å². The maximum atomic E-state index is 5.26. The summed E-state index contributed by atoms with van der Waals surface area (Å²) in [6.45, 7) is 11.9. The highest BCUT2D eigenvalue weighted by Gasteiger charge is 2.13. The standard InChI is InChI=1S/C12H23OP/c1-6-7-8-13-9-10-14(11(2)3)12(4)5/h11-12H,6-8H2,1-5H3. The summed E-state index contributed by atoms with van der Waals surface area (Å²) < 4.78 is 5.26. The van der Waals surface area contributed by atoms with Crippen molar-refractivity contribution in [2.45, 2.75) is 58.8 Å². The molecule has 0 radical (unpaired) electrons. The predicted molar refractivity (Wildman–Crippen MR) is 65.8 cm³/mol. The number of hydrogen-bond donors (Lipinski definition) is 0. The lowest BCUT2D eigenvalue weighted by Crippen LogP contribution is -2.01. The van der Waals surface area contributed by atoms with Gasteiger partial charge < -0.3 is 4.74 Å². The van der Waals surface area contributed by atoms with Gasteiger partial charge in [-0.05, 0) is 31.3 Å². The molecule has 0 atom stereocenters. The molecule has 0 aliphatic carbocycles. The summed E-state index contributed by atoms with van der Waals surface area (Å²) in [5, 5.41) is 0. The van der Waals surface area contributed by atoms with Crippen molar-refractivity contribution in [3.63, 3.8) is 0 Å². The van der Waals surface area contributed by atoms with E-state index in [0.29, 0.717) is 11.3 Å². The zero-order valence-electron chi connectivity index (χ0n) is 10.1. The van der Waals surface area contributed by atoms with Crippen molar-refractivity contribution in [1.29, 1.82) is 0 Å². The quantitative estimate of drug-likeness (QED) is 0.381. The van der Waals surface area contributed by atoms with Crippen molar-refractivity contribution in [1.82, 2.24) is 0 Å². The number of hydrogen-bond acceptors (Lipinski definition) is 1. The van der Waals surface area contributed by atoms with Gasteiger partial charge in [0.05, 0.1) is 0 Å². The van der Waals surface area contributed by atoms with Crippen LogP contribution in [0.4, 0.5) is 0 Å². The molecule has 0 heterocycles. The van der Waals surface area contributed by atoms with E-state index in [1.54, 1.807) is 0 Å². The first-order valence-corrected chi connectivity index (χ1v) is 6.98. The summed E-state index contributed by atoms with van der Waals surface area (Å²) in [5.41, 5.74) is 4.62. The highest BCUT2D eigenvalue weighted by molar-refractivity contribution is 7.64. The van der Waals surface area contributed by atoms with E-state index in [-0.39, 0.29) is 7.92 Å². The third-order valence-corrected chi connectivity index (χ3v) is 4.53. The Labute approximate surface area is 90.4 Å². The fraction of sp³-hybridized carbons (Fsp3) is 0.833. The SMILES string of the molecule is CCCCOC#CP(C(C)C)C(C)C. The number of unbranched alkanes of at least 4 members (excludes halogenated alkanes) is 1. The van der Waals surface area contributed by atoms with Crippen LogP contribution in [0.2, 0.25) is 0 Å². The molecule has 0 spiro atoms. The molecule has 0 aliphatic heterocycles. The van der Waals surface area contributed by atoms with Crippen molar-refractivity contribution in [2.24, 2.45) is 0 Å². The molecule has 0 bridgehead atoms. The Hall–Kier alpha value is -0.210. The maximum absolute atomic E-state index is 5.26. The molecule has 0 aromatic heterocycles. The lowest BCUT2D eigenvalue weighted by atomic mass is 10.4. The van der Waals surface area contributed by atoms with Crippen LogP contribution in [0.25, 0.3) is 0 Å². The summed E-state index contributed by atoms with van der Waals surface area (Å²) >= 11 is 0. The Kier molecular flexibility index (Phi) is 8.01. The lowest BCUT2D eigenvalue weighted by molar-refractivity contribution is 0.271. The van der Waals surface area contributed by atoms with Crippen molar-refractivity contribution < 1.29 is 4.74 Å². The smallest absolute Gasteiger partial charge is 0.114 e. The summed E-state index contributed by atoms with van der Waals surface area (Å²) in [4.78, 5) is 0. The Bertz CT molecular complexity index is 180. The molecule has 0 aliphatic rings. The van der Waals surface area contributed by atoms with Crippen LogP contribution in [0.3, 0.4) is 0 Å². The molecule has 0 rings (SSSR count). The van der Waals surface area contributed by atoms with E-state index in [1.807, 2.05) is 0 Å². The third-order valence-electron chi connectivity index (χ3n) is 1.96. The van der Waals surface area contributed by atoms with Gasteiger partial charge in [0.1, 0.15) is 12.7 Å². The molecule has 0 saturated heterocycles. The molecule has 2 heteroatoms. The van der Waals surface area contributed by atoms with Crippen molar-refractivity contribution in [2.75, 3.05) is 6.61 Å². The molecular formula is C12H23OP. The van der Waals surface area contributed by atoms with Gasteiger partial charge in [0.25, 0.3) is 0 Å². The zero-order valence-corrected chi connectivity index (χ0v) is 11.0. The maximum Gasteiger partial charge on any atom is 0.114 e. The summed E-state index contributed by atoms with van der Waals surface area (Å²) in [6, 6.07) is 0. The van der Waals surface area contributed by atoms with Crippen LogP contribution in [-0.4, -0.2) is 17.9 Å². The van der Waals surface area contributed by atoms with Crippen LogP contribution >= 0.6 is 7.92 Å². The summed E-state index contributed by atoms with van der Waals surface area (Å²) in [5.74, 6) is 0. The first kappa shape index (κ1) is 13.8. The summed E-state index contributed by atoms with van der Waals surface area (Å²) in [7, 11) is -0.186. The molecule has 0 fully saturated rings. The van der Waals surface area contributed by atoms with Gasteiger partial charge in [0.2, 0.25) is 0 Å². The van der Waals surface area contributed by atoms with Gasteiger partial charge in [-0.3, -0.25) is 0 Å². The van der Waals surface area contributed by atoms with Gasteiger partial charge in [-0.2, -0.15) is 0 Å². The topological polar surface area (TPSA) is 9.23 Å². The monoisotopic (exact) mass is 214 g/mol. The van der Waals surface area contributed by atoms with Crippen molar-refractivity contribution in [3.05, 3.63) is 0 Å². The molecule has 82 valence electrons. The third kappa shape index (κ3) is 6.28. The first-order chi connectivity index (χ1) is 6.59. The average molecular weight is 214 g/mol. The normalized spacial score (nSPS) is 10.6. The molecule has 0 aromatic rings. The fourth-order valence-electron chi connectivity index (χ4n) is 1.21. The van der Waals surface area contributed by atoms with Crippen LogP contribution in [0.1, 0.15) is 47.5 Å². The first-order valence-electron chi connectivity index (χ1n) is 5.50. The predicted octanol–water partition coefficient (Wildman–Crippen LogP) is 4.02. The number of rotatable bonds is 5. The van der Waals surface area contributed by atoms with E-state index in [4.69, 9.17) is 4.74 Å². The molecule has 0 N–H and O–H groups in total. The van der Waals surface area contributed by atoms with Gasteiger partial charge in [-0.15, -0.1) is 0 Å². The number of ether oxygens (including phenoxy) is 1. The fourth-order valence-corrected chi connectivity index (χ4v) is 3.09. The van der Waals surface area contributed by atoms with E-state index in [1.165, 1.54) is 6.42 Å². The van der Waals surface area contributed by atoms with Crippen molar-refractivity contribution in [3.8, 4) is 11.8 Å². The second-order valence-electron chi connectivity index (χ2n) is 4.01. The van der Waals surface area contributed by atoms with Gasteiger partial charge in [0.15, 0.2) is 0 Å². The molecule has 14 heavy (non-hydrogen) atoms. The Morgan fingerprint density at radius 2 is 1.71 bits per heavy atom. The Morgan fingerprint density at radius 1 is 1.14 bits per heavy atom. The highest BCUT2D eigenvalue weighted by Crippen LogP contribution is 2.44. The lowest BCUT2D eigenvalue weighted by Gasteiger charge is -2.18. The van der Waals surface area contributed by atoms with Crippen LogP contribution in [0.5, 0.6) is 0 Å². The highest BCUT2D eigenvalue weighted by atomic mass is 31.1. The minimum absolute atomic E-state index is 0.186. The van der Waals surface area contributed by atoms with Gasteiger partial charge >= 0.3 is 0 Å². The van der Waals surface area contributed by atoms with Gasteiger partial charge in [-0.25, -0.2) is 0 Å². The molecule has 0 amide bonds. The Morgan fingerprint density at radius 3 is 2.14 bits per heavy atom.